The van der Waals surface area contributed by atoms with Crippen LogP contribution in [0.15, 0.2) is 18.2 Å². The standard InChI is InChI=1S/C19H27NO/c1-5-16-8-10-19(13-20,11-9-16)18(4,21)17-7-6-14(2)15(3)12-17/h6-7,12,16,21H,5,8-11H2,1-4H3. The number of hydrogen-bond donors (Lipinski definition) is 1. The Morgan fingerprint density at radius 2 is 1.90 bits per heavy atom. The molecule has 1 unspecified atom stereocenters. The lowest BCUT2D eigenvalue weighted by atomic mass is 9.60. The molecule has 0 bridgehead atoms. The zero-order valence-corrected chi connectivity index (χ0v) is 13.7. The minimum atomic E-state index is -1.08. The summed E-state index contributed by atoms with van der Waals surface area (Å²) in [6.45, 7) is 8.17. The lowest BCUT2D eigenvalue weighted by Gasteiger charge is -2.45. The fourth-order valence-corrected chi connectivity index (χ4v) is 3.61. The number of hydrogen-bond acceptors (Lipinski definition) is 2. The van der Waals surface area contributed by atoms with E-state index in [1.54, 1.807) is 0 Å². The van der Waals surface area contributed by atoms with Gasteiger partial charge in [-0.05, 0) is 69.1 Å². The van der Waals surface area contributed by atoms with Crippen LogP contribution in [0.25, 0.3) is 0 Å². The molecular formula is C19H27NO. The van der Waals surface area contributed by atoms with Crippen LogP contribution in [-0.4, -0.2) is 5.11 Å². The van der Waals surface area contributed by atoms with Gasteiger partial charge in [-0.3, -0.25) is 0 Å². The summed E-state index contributed by atoms with van der Waals surface area (Å²) in [4.78, 5) is 0. The van der Waals surface area contributed by atoms with Crippen LogP contribution in [0.4, 0.5) is 0 Å². The lowest BCUT2D eigenvalue weighted by Crippen LogP contribution is -2.45. The molecule has 0 radical (unpaired) electrons. The van der Waals surface area contributed by atoms with Gasteiger partial charge < -0.3 is 5.11 Å². The van der Waals surface area contributed by atoms with E-state index in [9.17, 15) is 10.4 Å². The Balaban J connectivity index is 2.36. The third-order valence-electron chi connectivity index (χ3n) is 5.75. The highest BCUT2D eigenvalue weighted by Gasteiger charge is 2.50. The van der Waals surface area contributed by atoms with Gasteiger partial charge in [-0.15, -0.1) is 0 Å². The molecule has 1 aliphatic rings. The summed E-state index contributed by atoms with van der Waals surface area (Å²) in [5.41, 5.74) is 1.53. The van der Waals surface area contributed by atoms with Gasteiger partial charge in [-0.1, -0.05) is 31.5 Å². The van der Waals surface area contributed by atoms with Gasteiger partial charge in [0.2, 0.25) is 0 Å². The van der Waals surface area contributed by atoms with Gasteiger partial charge in [0.15, 0.2) is 0 Å². The number of rotatable bonds is 3. The third-order valence-corrected chi connectivity index (χ3v) is 5.75. The second-order valence-electron chi connectivity index (χ2n) is 6.92. The summed E-state index contributed by atoms with van der Waals surface area (Å²) in [5, 5.41) is 21.0. The summed E-state index contributed by atoms with van der Waals surface area (Å²) >= 11 is 0. The van der Waals surface area contributed by atoms with Crippen molar-refractivity contribution in [1.82, 2.24) is 0 Å². The van der Waals surface area contributed by atoms with E-state index in [2.05, 4.69) is 26.8 Å². The Bertz CT molecular complexity index is 545. The first-order valence-corrected chi connectivity index (χ1v) is 8.07. The van der Waals surface area contributed by atoms with Crippen molar-refractivity contribution < 1.29 is 5.11 Å². The van der Waals surface area contributed by atoms with E-state index in [0.717, 1.165) is 31.2 Å². The first-order valence-electron chi connectivity index (χ1n) is 8.07. The number of aliphatic hydroxyl groups is 1. The molecule has 1 fully saturated rings. The van der Waals surface area contributed by atoms with E-state index >= 15 is 0 Å². The second-order valence-corrected chi connectivity index (χ2v) is 6.92. The minimum Gasteiger partial charge on any atom is -0.384 e. The Hall–Kier alpha value is -1.33. The van der Waals surface area contributed by atoms with Crippen LogP contribution in [0.1, 0.15) is 62.6 Å². The molecule has 1 aromatic carbocycles. The molecular weight excluding hydrogens is 258 g/mol. The highest BCUT2D eigenvalue weighted by Crippen LogP contribution is 2.51. The summed E-state index contributed by atoms with van der Waals surface area (Å²) < 4.78 is 0. The van der Waals surface area contributed by atoms with Gasteiger partial charge in [0.1, 0.15) is 5.60 Å². The summed E-state index contributed by atoms with van der Waals surface area (Å²) in [5.74, 6) is 0.710. The van der Waals surface area contributed by atoms with E-state index in [0.29, 0.717) is 5.92 Å². The second kappa shape index (κ2) is 5.81. The van der Waals surface area contributed by atoms with Crippen LogP contribution in [0.2, 0.25) is 0 Å². The number of nitriles is 1. The number of benzene rings is 1. The molecule has 1 N–H and O–H groups in total. The Morgan fingerprint density at radius 1 is 1.29 bits per heavy atom. The first-order chi connectivity index (χ1) is 9.86. The third kappa shape index (κ3) is 2.72. The normalized spacial score (nSPS) is 28.7. The Labute approximate surface area is 128 Å². The fraction of sp³-hybridized carbons (Fsp3) is 0.632. The van der Waals surface area contributed by atoms with Crippen molar-refractivity contribution in [1.29, 1.82) is 5.26 Å². The molecule has 21 heavy (non-hydrogen) atoms. The molecule has 0 aromatic heterocycles. The van der Waals surface area contributed by atoms with Gasteiger partial charge in [0.05, 0.1) is 11.5 Å². The van der Waals surface area contributed by atoms with Crippen molar-refractivity contribution in [2.24, 2.45) is 11.3 Å². The van der Waals surface area contributed by atoms with Crippen LogP contribution in [0.5, 0.6) is 0 Å². The molecule has 0 amide bonds. The molecule has 2 rings (SSSR count). The zero-order chi connectivity index (χ0) is 15.7. The average Bonchev–Trinajstić information content (AvgIpc) is 2.49. The molecule has 0 saturated heterocycles. The summed E-state index contributed by atoms with van der Waals surface area (Å²) in [7, 11) is 0. The maximum Gasteiger partial charge on any atom is 0.105 e. The first kappa shape index (κ1) is 16.0. The molecule has 0 spiro atoms. The zero-order valence-electron chi connectivity index (χ0n) is 13.7. The molecule has 0 aliphatic heterocycles. The molecule has 1 saturated carbocycles. The smallest absolute Gasteiger partial charge is 0.105 e. The quantitative estimate of drug-likeness (QED) is 0.880. The van der Waals surface area contributed by atoms with Gasteiger partial charge in [0, 0.05) is 0 Å². The highest BCUT2D eigenvalue weighted by molar-refractivity contribution is 5.36. The maximum atomic E-state index is 11.2. The van der Waals surface area contributed by atoms with E-state index in [1.165, 1.54) is 17.5 Å². The minimum absolute atomic E-state index is 0.652. The van der Waals surface area contributed by atoms with E-state index < -0.39 is 11.0 Å². The van der Waals surface area contributed by atoms with E-state index in [1.807, 2.05) is 25.1 Å². The number of aryl methyl sites for hydroxylation is 2. The van der Waals surface area contributed by atoms with Gasteiger partial charge >= 0.3 is 0 Å². The van der Waals surface area contributed by atoms with Crippen molar-refractivity contribution in [3.05, 3.63) is 34.9 Å². The van der Waals surface area contributed by atoms with Crippen LogP contribution in [0.3, 0.4) is 0 Å². The van der Waals surface area contributed by atoms with E-state index in [-0.39, 0.29) is 0 Å². The average molecular weight is 285 g/mol. The van der Waals surface area contributed by atoms with Gasteiger partial charge in [0.25, 0.3) is 0 Å². The topological polar surface area (TPSA) is 44.0 Å². The highest BCUT2D eigenvalue weighted by atomic mass is 16.3. The van der Waals surface area contributed by atoms with Crippen molar-refractivity contribution in [3.63, 3.8) is 0 Å². The summed E-state index contributed by atoms with van der Waals surface area (Å²) in [6.07, 6.45) is 4.85. The Morgan fingerprint density at radius 3 is 2.38 bits per heavy atom. The van der Waals surface area contributed by atoms with E-state index in [4.69, 9.17) is 0 Å². The molecule has 114 valence electrons. The molecule has 2 heteroatoms. The SMILES string of the molecule is CCC1CCC(C#N)(C(C)(O)c2ccc(C)c(C)c2)CC1. The monoisotopic (exact) mass is 285 g/mol. The van der Waals surface area contributed by atoms with Crippen molar-refractivity contribution >= 4 is 0 Å². The molecule has 1 atom stereocenters. The Kier molecular flexibility index (Phi) is 4.44. The van der Waals surface area contributed by atoms with Crippen LogP contribution < -0.4 is 0 Å². The maximum absolute atomic E-state index is 11.2. The number of nitrogens with zero attached hydrogens (tertiary/aromatic N) is 1. The molecule has 1 aromatic rings. The molecule has 2 nitrogen and oxygen atoms in total. The van der Waals surface area contributed by atoms with Crippen molar-refractivity contribution in [3.8, 4) is 6.07 Å². The van der Waals surface area contributed by atoms with Crippen molar-refractivity contribution in [2.75, 3.05) is 0 Å². The van der Waals surface area contributed by atoms with Crippen LogP contribution >= 0.6 is 0 Å². The van der Waals surface area contributed by atoms with Gasteiger partial charge in [-0.25, -0.2) is 0 Å². The largest absolute Gasteiger partial charge is 0.384 e. The van der Waals surface area contributed by atoms with Crippen LogP contribution in [0, 0.1) is 36.5 Å². The lowest BCUT2D eigenvalue weighted by molar-refractivity contribution is -0.0698. The summed E-state index contributed by atoms with van der Waals surface area (Å²) in [6, 6.07) is 8.55. The predicted molar refractivity (Wildman–Crippen MR) is 85.8 cm³/mol. The molecule has 0 heterocycles. The van der Waals surface area contributed by atoms with Crippen molar-refractivity contribution in [2.45, 2.75) is 65.4 Å². The molecule has 1 aliphatic carbocycles. The predicted octanol–water partition coefficient (Wildman–Crippen LogP) is 4.62. The fourth-order valence-electron chi connectivity index (χ4n) is 3.61. The van der Waals surface area contributed by atoms with Gasteiger partial charge in [-0.2, -0.15) is 5.26 Å². The van der Waals surface area contributed by atoms with Crippen LogP contribution in [-0.2, 0) is 5.60 Å².